The fourth-order valence-electron chi connectivity index (χ4n) is 2.92. The second-order valence-electron chi connectivity index (χ2n) is 6.50. The Morgan fingerprint density at radius 2 is 1.83 bits per heavy atom. The zero-order valence-electron chi connectivity index (χ0n) is 14.8. The van der Waals surface area contributed by atoms with Crippen molar-refractivity contribution in [2.45, 2.75) is 39.0 Å². The lowest BCUT2D eigenvalue weighted by atomic mass is 9.83. The molecule has 0 atom stereocenters. The van der Waals surface area contributed by atoms with Gasteiger partial charge in [-0.25, -0.2) is 13.1 Å². The quantitative estimate of drug-likeness (QED) is 0.263. The molecule has 23 heavy (non-hydrogen) atoms. The van der Waals surface area contributed by atoms with Crippen LogP contribution in [0.5, 0.6) is 0 Å². The van der Waals surface area contributed by atoms with Gasteiger partial charge in [0.05, 0.1) is 6.26 Å². The van der Waals surface area contributed by atoms with Crippen LogP contribution in [0, 0.1) is 11.8 Å². The van der Waals surface area contributed by atoms with Crippen molar-refractivity contribution < 1.29 is 8.42 Å². The Labute approximate surface area is 159 Å². The molecule has 0 unspecified atom stereocenters. The molecule has 0 aliphatic heterocycles. The minimum atomic E-state index is -3.09. The number of hydrogen-bond acceptors (Lipinski definition) is 3. The molecule has 0 bridgehead atoms. The van der Waals surface area contributed by atoms with Crippen LogP contribution in [0.3, 0.4) is 0 Å². The number of nitrogens with zero attached hydrogens (tertiary/aromatic N) is 2. The number of rotatable bonds is 7. The van der Waals surface area contributed by atoms with Crippen LogP contribution in [-0.4, -0.2) is 59.3 Å². The van der Waals surface area contributed by atoms with Gasteiger partial charge in [-0.3, -0.25) is 4.99 Å². The molecule has 0 aromatic carbocycles. The predicted molar refractivity (Wildman–Crippen MR) is 108 cm³/mol. The van der Waals surface area contributed by atoms with Crippen LogP contribution >= 0.6 is 24.0 Å². The molecule has 0 spiro atoms. The first-order valence-corrected chi connectivity index (χ1v) is 10.1. The van der Waals surface area contributed by atoms with Gasteiger partial charge in [0.1, 0.15) is 0 Å². The summed E-state index contributed by atoms with van der Waals surface area (Å²) in [5.41, 5.74) is 0. The van der Waals surface area contributed by atoms with Crippen molar-refractivity contribution >= 4 is 40.0 Å². The third kappa shape index (κ3) is 10.4. The summed E-state index contributed by atoms with van der Waals surface area (Å²) in [6.07, 6.45) is 7.20. The number of sulfonamides is 1. The molecule has 6 nitrogen and oxygen atoms in total. The van der Waals surface area contributed by atoms with Gasteiger partial charge in [-0.1, -0.05) is 19.8 Å². The van der Waals surface area contributed by atoms with E-state index in [0.29, 0.717) is 13.1 Å². The lowest BCUT2D eigenvalue weighted by molar-refractivity contribution is 0.250. The highest BCUT2D eigenvalue weighted by molar-refractivity contribution is 14.0. The Kier molecular flexibility index (Phi) is 11.4. The normalized spacial score (nSPS) is 22.3. The van der Waals surface area contributed by atoms with E-state index in [1.165, 1.54) is 31.9 Å². The molecular weight excluding hydrogens is 427 g/mol. The fraction of sp³-hybridized carbons (Fsp3) is 0.933. The summed E-state index contributed by atoms with van der Waals surface area (Å²) >= 11 is 0. The van der Waals surface area contributed by atoms with E-state index in [4.69, 9.17) is 0 Å². The summed E-state index contributed by atoms with van der Waals surface area (Å²) in [5, 5.41) is 3.29. The molecule has 0 saturated heterocycles. The van der Waals surface area contributed by atoms with Crippen molar-refractivity contribution in [3.63, 3.8) is 0 Å². The van der Waals surface area contributed by atoms with E-state index in [0.717, 1.165) is 30.8 Å². The Hall–Kier alpha value is -0.0900. The van der Waals surface area contributed by atoms with Crippen LogP contribution in [0.25, 0.3) is 0 Å². The van der Waals surface area contributed by atoms with Crippen molar-refractivity contribution in [2.75, 3.05) is 40.0 Å². The van der Waals surface area contributed by atoms with E-state index in [1.807, 2.05) is 0 Å². The summed E-state index contributed by atoms with van der Waals surface area (Å²) in [4.78, 5) is 6.49. The van der Waals surface area contributed by atoms with Crippen LogP contribution < -0.4 is 10.0 Å². The van der Waals surface area contributed by atoms with Crippen molar-refractivity contribution in [3.8, 4) is 0 Å². The Bertz CT molecular complexity index is 448. The van der Waals surface area contributed by atoms with Gasteiger partial charge < -0.3 is 10.2 Å². The molecule has 0 heterocycles. The lowest BCUT2D eigenvalue weighted by Crippen LogP contribution is -2.42. The molecule has 2 N–H and O–H groups in total. The minimum Gasteiger partial charge on any atom is -0.356 e. The molecule has 138 valence electrons. The average molecular weight is 460 g/mol. The standard InChI is InChI=1S/C15H32N4O2S.HI/c1-13-6-8-14(9-7-13)12-19(3)15(16-2)17-10-5-11-18-22(4,20)21;/h13-14,18H,5-12H2,1-4H3,(H,16,17);1H. The largest absolute Gasteiger partial charge is 0.356 e. The maximum absolute atomic E-state index is 11.0. The number of nitrogens with one attached hydrogen (secondary N) is 2. The van der Waals surface area contributed by atoms with Gasteiger partial charge in [0.2, 0.25) is 10.0 Å². The van der Waals surface area contributed by atoms with Crippen molar-refractivity contribution in [2.24, 2.45) is 16.8 Å². The third-order valence-corrected chi connectivity index (χ3v) is 4.97. The van der Waals surface area contributed by atoms with Gasteiger partial charge in [-0.15, -0.1) is 24.0 Å². The minimum absolute atomic E-state index is 0. The molecule has 1 fully saturated rings. The van der Waals surface area contributed by atoms with E-state index in [1.54, 1.807) is 7.05 Å². The van der Waals surface area contributed by atoms with Crippen LogP contribution in [0.15, 0.2) is 4.99 Å². The molecule has 0 aromatic heterocycles. The number of hydrogen-bond donors (Lipinski definition) is 2. The van der Waals surface area contributed by atoms with Gasteiger partial charge in [-0.2, -0.15) is 0 Å². The van der Waals surface area contributed by atoms with E-state index < -0.39 is 10.0 Å². The number of guanidine groups is 1. The van der Waals surface area contributed by atoms with E-state index in [2.05, 4.69) is 33.9 Å². The fourth-order valence-corrected chi connectivity index (χ4v) is 3.43. The first kappa shape index (κ1) is 22.9. The van der Waals surface area contributed by atoms with Crippen LogP contribution in [0.1, 0.15) is 39.0 Å². The molecule has 1 aliphatic rings. The second kappa shape index (κ2) is 11.5. The smallest absolute Gasteiger partial charge is 0.208 e. The molecule has 0 radical (unpaired) electrons. The van der Waals surface area contributed by atoms with E-state index in [-0.39, 0.29) is 24.0 Å². The molecule has 1 saturated carbocycles. The first-order chi connectivity index (χ1) is 10.3. The van der Waals surface area contributed by atoms with E-state index in [9.17, 15) is 8.42 Å². The van der Waals surface area contributed by atoms with Crippen LogP contribution in [0.2, 0.25) is 0 Å². The Morgan fingerprint density at radius 3 is 2.35 bits per heavy atom. The first-order valence-electron chi connectivity index (χ1n) is 8.18. The number of aliphatic imine (C=N–C) groups is 1. The van der Waals surface area contributed by atoms with Crippen molar-refractivity contribution in [1.82, 2.24) is 14.9 Å². The lowest BCUT2D eigenvalue weighted by Gasteiger charge is -2.31. The summed E-state index contributed by atoms with van der Waals surface area (Å²) in [6, 6.07) is 0. The summed E-state index contributed by atoms with van der Waals surface area (Å²) in [6.45, 7) is 4.53. The van der Waals surface area contributed by atoms with Crippen molar-refractivity contribution in [3.05, 3.63) is 0 Å². The molecule has 8 heteroatoms. The zero-order chi connectivity index (χ0) is 16.6. The van der Waals surface area contributed by atoms with Gasteiger partial charge in [0.15, 0.2) is 5.96 Å². The Morgan fingerprint density at radius 1 is 1.22 bits per heavy atom. The molecule has 0 aromatic rings. The predicted octanol–water partition coefficient (Wildman–Crippen LogP) is 1.88. The average Bonchev–Trinajstić information content (AvgIpc) is 2.44. The summed E-state index contributed by atoms with van der Waals surface area (Å²) < 4.78 is 24.4. The maximum atomic E-state index is 11.0. The van der Waals surface area contributed by atoms with Crippen LogP contribution in [0.4, 0.5) is 0 Å². The molecule has 1 rings (SSSR count). The van der Waals surface area contributed by atoms with Crippen molar-refractivity contribution in [1.29, 1.82) is 0 Å². The van der Waals surface area contributed by atoms with Gasteiger partial charge in [0.25, 0.3) is 0 Å². The molecule has 1 aliphatic carbocycles. The molecular formula is C15H33IN4O2S. The second-order valence-corrected chi connectivity index (χ2v) is 8.33. The number of halogens is 1. The monoisotopic (exact) mass is 460 g/mol. The SMILES string of the molecule is CN=C(NCCCNS(C)(=O)=O)N(C)CC1CCC(C)CC1.I. The Balaban J connectivity index is 0.00000484. The summed E-state index contributed by atoms with van der Waals surface area (Å²) in [7, 11) is 0.771. The van der Waals surface area contributed by atoms with Crippen LogP contribution in [-0.2, 0) is 10.0 Å². The highest BCUT2D eigenvalue weighted by atomic mass is 127. The van der Waals surface area contributed by atoms with Gasteiger partial charge in [0, 0.05) is 33.7 Å². The zero-order valence-corrected chi connectivity index (χ0v) is 18.0. The summed E-state index contributed by atoms with van der Waals surface area (Å²) in [5.74, 6) is 2.52. The third-order valence-electron chi connectivity index (χ3n) is 4.24. The van der Waals surface area contributed by atoms with E-state index >= 15 is 0 Å². The maximum Gasteiger partial charge on any atom is 0.208 e. The van der Waals surface area contributed by atoms with Gasteiger partial charge >= 0.3 is 0 Å². The highest BCUT2D eigenvalue weighted by Gasteiger charge is 2.20. The van der Waals surface area contributed by atoms with Gasteiger partial charge in [-0.05, 0) is 31.1 Å². The topological polar surface area (TPSA) is 73.8 Å². The highest BCUT2D eigenvalue weighted by Crippen LogP contribution is 2.28. The molecule has 0 amide bonds.